The maximum absolute atomic E-state index is 5.57. The van der Waals surface area contributed by atoms with Gasteiger partial charge in [-0.1, -0.05) is 35.1 Å². The molecule has 144 valence electrons. The summed E-state index contributed by atoms with van der Waals surface area (Å²) in [5.74, 6) is 10.4. The first-order valence-corrected chi connectivity index (χ1v) is 9.66. The van der Waals surface area contributed by atoms with Crippen molar-refractivity contribution in [2.75, 3.05) is 21.3 Å². The van der Waals surface area contributed by atoms with Gasteiger partial charge in [-0.05, 0) is 55.7 Å². The molecule has 0 spiro atoms. The first-order chi connectivity index (χ1) is 13.6. The summed E-state index contributed by atoms with van der Waals surface area (Å²) >= 11 is 0. The lowest BCUT2D eigenvalue weighted by Crippen LogP contribution is -2.10. The van der Waals surface area contributed by atoms with Gasteiger partial charge in [0.05, 0.1) is 26.9 Å². The minimum atomic E-state index is 0.297. The quantitative estimate of drug-likeness (QED) is 0.539. The molecule has 2 aliphatic rings. The smallest absolute Gasteiger partial charge is 0.161 e. The first kappa shape index (κ1) is 18.5. The van der Waals surface area contributed by atoms with Crippen molar-refractivity contribution in [2.24, 2.45) is 5.92 Å². The third kappa shape index (κ3) is 2.85. The van der Waals surface area contributed by atoms with Crippen LogP contribution in [0.5, 0.6) is 17.2 Å². The van der Waals surface area contributed by atoms with Crippen LogP contribution >= 0.6 is 0 Å². The average Bonchev–Trinajstić information content (AvgIpc) is 3.25. The summed E-state index contributed by atoms with van der Waals surface area (Å²) in [7, 11) is 5.08. The molecule has 0 heterocycles. The molecule has 3 unspecified atom stereocenters. The summed E-state index contributed by atoms with van der Waals surface area (Å²) in [4.78, 5) is 0. The van der Waals surface area contributed by atoms with E-state index in [1.54, 1.807) is 21.3 Å². The molecule has 0 radical (unpaired) electrons. The molecule has 3 nitrogen and oxygen atoms in total. The molecule has 2 aromatic rings. The van der Waals surface area contributed by atoms with Crippen molar-refractivity contribution in [3.05, 3.63) is 64.2 Å². The molecule has 2 aromatic carbocycles. The minimum absolute atomic E-state index is 0.297. The molecule has 3 atom stereocenters. The van der Waals surface area contributed by atoms with E-state index in [9.17, 15) is 0 Å². The van der Waals surface area contributed by atoms with Crippen LogP contribution in [0, 0.1) is 17.8 Å². The van der Waals surface area contributed by atoms with Gasteiger partial charge in [0.2, 0.25) is 0 Å². The fourth-order valence-electron chi connectivity index (χ4n) is 4.83. The Morgan fingerprint density at radius 2 is 1.54 bits per heavy atom. The number of fused-ring (bicyclic) bond motifs is 5. The van der Waals surface area contributed by atoms with Crippen molar-refractivity contribution in [3.8, 4) is 29.1 Å². The van der Waals surface area contributed by atoms with Crippen molar-refractivity contribution in [2.45, 2.75) is 32.1 Å². The Labute approximate surface area is 167 Å². The van der Waals surface area contributed by atoms with Crippen LogP contribution in [0.4, 0.5) is 0 Å². The number of hydrogen-bond donors (Lipinski definition) is 0. The molecule has 0 N–H and O–H groups in total. The van der Waals surface area contributed by atoms with E-state index in [1.165, 1.54) is 22.3 Å². The van der Waals surface area contributed by atoms with Crippen LogP contribution in [0.1, 0.15) is 48.8 Å². The molecule has 0 amide bonds. The maximum atomic E-state index is 5.57. The lowest BCUT2D eigenvalue weighted by atomic mass is 9.83. The van der Waals surface area contributed by atoms with E-state index in [4.69, 9.17) is 14.2 Å². The topological polar surface area (TPSA) is 27.7 Å². The second kappa shape index (κ2) is 7.28. The zero-order valence-electron chi connectivity index (χ0n) is 17.1. The predicted molar refractivity (Wildman–Crippen MR) is 111 cm³/mol. The molecule has 0 saturated heterocycles. The minimum Gasteiger partial charge on any atom is -0.495 e. The molecule has 0 aromatic heterocycles. The zero-order valence-corrected chi connectivity index (χ0v) is 17.1. The van der Waals surface area contributed by atoms with Gasteiger partial charge in [0.15, 0.2) is 11.5 Å². The highest BCUT2D eigenvalue weighted by molar-refractivity contribution is 5.62. The Bertz CT molecular complexity index is 1000. The fraction of sp³-hybridized carbons (Fsp3) is 0.360. The van der Waals surface area contributed by atoms with Crippen molar-refractivity contribution in [1.29, 1.82) is 0 Å². The lowest BCUT2D eigenvalue weighted by molar-refractivity contribution is 0.353. The Kier molecular flexibility index (Phi) is 4.81. The standard InChI is InChI=1S/C25H26O3/c1-15(2)24-19-12-17(11-10-16-8-6-7-9-21(16)26-3)25(24)20-14-23(28-5)22(27-4)13-18(19)20/h6-9,13-14,17,19,25H,12H2,1-5H3. The number of ether oxygens (including phenoxy) is 3. The van der Waals surface area contributed by atoms with Crippen LogP contribution < -0.4 is 14.2 Å². The van der Waals surface area contributed by atoms with Gasteiger partial charge in [0, 0.05) is 17.8 Å². The number of hydrogen-bond acceptors (Lipinski definition) is 3. The van der Waals surface area contributed by atoms with E-state index in [0.717, 1.165) is 29.2 Å². The fourth-order valence-corrected chi connectivity index (χ4v) is 4.83. The second-order valence-corrected chi connectivity index (χ2v) is 7.63. The highest BCUT2D eigenvalue weighted by Gasteiger charge is 2.48. The van der Waals surface area contributed by atoms with Crippen molar-refractivity contribution in [1.82, 2.24) is 0 Å². The van der Waals surface area contributed by atoms with Crippen LogP contribution in [-0.2, 0) is 0 Å². The molecular weight excluding hydrogens is 348 g/mol. The summed E-state index contributed by atoms with van der Waals surface area (Å²) < 4.78 is 16.6. The summed E-state index contributed by atoms with van der Waals surface area (Å²) in [5.41, 5.74) is 6.56. The number of rotatable bonds is 3. The van der Waals surface area contributed by atoms with E-state index < -0.39 is 0 Å². The summed E-state index contributed by atoms with van der Waals surface area (Å²) in [6.45, 7) is 4.43. The Balaban J connectivity index is 1.77. The lowest BCUT2D eigenvalue weighted by Gasteiger charge is -2.21. The van der Waals surface area contributed by atoms with Gasteiger partial charge in [-0.25, -0.2) is 0 Å². The number of methoxy groups -OCH3 is 3. The van der Waals surface area contributed by atoms with Crippen LogP contribution in [0.25, 0.3) is 0 Å². The molecule has 28 heavy (non-hydrogen) atoms. The van der Waals surface area contributed by atoms with Gasteiger partial charge < -0.3 is 14.2 Å². The van der Waals surface area contributed by atoms with Crippen molar-refractivity contribution in [3.63, 3.8) is 0 Å². The van der Waals surface area contributed by atoms with Crippen LogP contribution in [0.2, 0.25) is 0 Å². The largest absolute Gasteiger partial charge is 0.495 e. The van der Waals surface area contributed by atoms with E-state index in [1.807, 2.05) is 24.3 Å². The van der Waals surface area contributed by atoms with E-state index >= 15 is 0 Å². The molecule has 2 aliphatic carbocycles. The van der Waals surface area contributed by atoms with E-state index in [0.29, 0.717) is 17.8 Å². The number of allylic oxidation sites excluding steroid dienone is 2. The predicted octanol–water partition coefficient (Wildman–Crippen LogP) is 5.30. The molecular formula is C25H26O3. The molecule has 4 rings (SSSR count). The zero-order chi connectivity index (χ0) is 19.8. The van der Waals surface area contributed by atoms with Gasteiger partial charge in [-0.2, -0.15) is 0 Å². The van der Waals surface area contributed by atoms with Gasteiger partial charge in [0.25, 0.3) is 0 Å². The van der Waals surface area contributed by atoms with Crippen LogP contribution in [0.3, 0.4) is 0 Å². The van der Waals surface area contributed by atoms with Crippen LogP contribution in [-0.4, -0.2) is 21.3 Å². The number of para-hydroxylation sites is 1. The first-order valence-electron chi connectivity index (χ1n) is 9.66. The molecule has 1 saturated carbocycles. The van der Waals surface area contributed by atoms with E-state index in [-0.39, 0.29) is 0 Å². The third-order valence-electron chi connectivity index (χ3n) is 5.98. The molecule has 1 fully saturated rings. The molecule has 3 heteroatoms. The highest BCUT2D eigenvalue weighted by Crippen LogP contribution is 2.62. The third-order valence-corrected chi connectivity index (χ3v) is 5.98. The molecule has 0 aliphatic heterocycles. The summed E-state index contributed by atoms with van der Waals surface area (Å²) in [6.07, 6.45) is 1.05. The number of benzene rings is 2. The van der Waals surface area contributed by atoms with Gasteiger partial charge >= 0.3 is 0 Å². The van der Waals surface area contributed by atoms with Gasteiger partial charge in [-0.15, -0.1) is 0 Å². The van der Waals surface area contributed by atoms with Crippen molar-refractivity contribution >= 4 is 0 Å². The average molecular weight is 374 g/mol. The molecule has 2 bridgehead atoms. The van der Waals surface area contributed by atoms with Gasteiger partial charge in [-0.3, -0.25) is 0 Å². The summed E-state index contributed by atoms with van der Waals surface area (Å²) in [5, 5.41) is 0. The Morgan fingerprint density at radius 3 is 2.18 bits per heavy atom. The Hall–Kier alpha value is -2.86. The van der Waals surface area contributed by atoms with Gasteiger partial charge in [0.1, 0.15) is 5.75 Å². The monoisotopic (exact) mass is 374 g/mol. The SMILES string of the molecule is COc1ccccc1C#CC1CC2C(=C(C)C)C1c1cc(OC)c(OC)cc12. The second-order valence-electron chi connectivity index (χ2n) is 7.63. The highest BCUT2D eigenvalue weighted by atomic mass is 16.5. The normalized spacial score (nSPS) is 21.6. The van der Waals surface area contributed by atoms with E-state index in [2.05, 4.69) is 37.8 Å². The Morgan fingerprint density at radius 1 is 0.893 bits per heavy atom. The van der Waals surface area contributed by atoms with Crippen molar-refractivity contribution < 1.29 is 14.2 Å². The maximum Gasteiger partial charge on any atom is 0.161 e. The van der Waals surface area contributed by atoms with Crippen LogP contribution in [0.15, 0.2) is 47.5 Å². The summed E-state index contributed by atoms with van der Waals surface area (Å²) in [6, 6.07) is 12.3.